The van der Waals surface area contributed by atoms with E-state index in [1.807, 2.05) is 0 Å². The maximum absolute atomic E-state index is 2.41. The van der Waals surface area contributed by atoms with Gasteiger partial charge in [-0.25, -0.2) is 0 Å². The zero-order valence-electron chi connectivity index (χ0n) is 10.9. The minimum absolute atomic E-state index is 0.864. The van der Waals surface area contributed by atoms with Gasteiger partial charge >= 0.3 is 0 Å². The SMILES string of the molecule is CC[Si](CC)(CC)CC[Si]c1ccccc1. The highest BCUT2D eigenvalue weighted by Gasteiger charge is 2.25. The Balaban J connectivity index is 2.39. The maximum Gasteiger partial charge on any atom is 0.0805 e. The Morgan fingerprint density at radius 2 is 1.50 bits per heavy atom. The van der Waals surface area contributed by atoms with Crippen LogP contribution in [0.25, 0.3) is 0 Å². The minimum Gasteiger partial charge on any atom is -0.0678 e. The van der Waals surface area contributed by atoms with Gasteiger partial charge in [-0.2, -0.15) is 0 Å². The smallest absolute Gasteiger partial charge is 0.0678 e. The first kappa shape index (κ1) is 13.7. The highest BCUT2D eigenvalue weighted by atomic mass is 28.3. The summed E-state index contributed by atoms with van der Waals surface area (Å²) in [6, 6.07) is 18.3. The van der Waals surface area contributed by atoms with E-state index in [-0.39, 0.29) is 0 Å². The molecule has 0 N–H and O–H groups in total. The first-order valence-corrected chi connectivity index (χ1v) is 10.6. The number of hydrogen-bond donors (Lipinski definition) is 0. The monoisotopic (exact) mass is 248 g/mol. The standard InChI is InChI=1S/C14H24Si2/c1-4-16(5-2,6-3)13-12-15-14-10-8-7-9-11-14/h7-11H,4-6,12-13H2,1-3H3. The fourth-order valence-corrected chi connectivity index (χ4v) is 8.21. The van der Waals surface area contributed by atoms with Gasteiger partial charge in [-0.1, -0.05) is 86.5 Å². The second-order valence-corrected chi connectivity index (χ2v) is 11.7. The van der Waals surface area contributed by atoms with E-state index >= 15 is 0 Å². The molecule has 88 valence electrons. The topological polar surface area (TPSA) is 0 Å². The molecular weight excluding hydrogens is 224 g/mol. The van der Waals surface area contributed by atoms with E-state index in [2.05, 4.69) is 51.1 Å². The van der Waals surface area contributed by atoms with Gasteiger partial charge in [0.15, 0.2) is 0 Å². The Morgan fingerprint density at radius 3 is 2.00 bits per heavy atom. The van der Waals surface area contributed by atoms with Gasteiger partial charge in [-0.15, -0.1) is 0 Å². The molecule has 0 unspecified atom stereocenters. The van der Waals surface area contributed by atoms with E-state index in [9.17, 15) is 0 Å². The van der Waals surface area contributed by atoms with Crippen LogP contribution in [0.5, 0.6) is 0 Å². The fraction of sp³-hybridized carbons (Fsp3) is 0.571. The lowest BCUT2D eigenvalue weighted by Gasteiger charge is -2.27. The highest BCUT2D eigenvalue weighted by Crippen LogP contribution is 2.26. The largest absolute Gasteiger partial charge is 0.0805 e. The Hall–Kier alpha value is -0.346. The number of benzene rings is 1. The van der Waals surface area contributed by atoms with E-state index < -0.39 is 8.07 Å². The second kappa shape index (κ2) is 7.07. The summed E-state index contributed by atoms with van der Waals surface area (Å²) in [4.78, 5) is 0. The summed E-state index contributed by atoms with van der Waals surface area (Å²) < 4.78 is 0. The second-order valence-electron chi connectivity index (χ2n) is 4.60. The van der Waals surface area contributed by atoms with Crippen LogP contribution in [-0.4, -0.2) is 17.6 Å². The van der Waals surface area contributed by atoms with Crippen LogP contribution < -0.4 is 5.19 Å². The molecule has 0 aliphatic rings. The van der Waals surface area contributed by atoms with Gasteiger partial charge < -0.3 is 0 Å². The number of hydrogen-bond acceptors (Lipinski definition) is 0. The molecule has 0 heterocycles. The van der Waals surface area contributed by atoms with Crippen LogP contribution in [0.15, 0.2) is 30.3 Å². The third-order valence-electron chi connectivity index (χ3n) is 4.01. The van der Waals surface area contributed by atoms with Crippen molar-refractivity contribution in [1.29, 1.82) is 0 Å². The van der Waals surface area contributed by atoms with E-state index in [0.717, 1.165) is 9.52 Å². The van der Waals surface area contributed by atoms with Gasteiger partial charge in [-0.05, 0) is 0 Å². The van der Waals surface area contributed by atoms with Crippen molar-refractivity contribution in [2.45, 2.75) is 51.0 Å². The summed E-state index contributed by atoms with van der Waals surface area (Å²) in [7, 11) is 0.158. The predicted molar refractivity (Wildman–Crippen MR) is 78.6 cm³/mol. The molecule has 1 aromatic rings. The van der Waals surface area contributed by atoms with Crippen LogP contribution in [0.2, 0.25) is 30.2 Å². The molecule has 2 radical (unpaired) electrons. The summed E-state index contributed by atoms with van der Waals surface area (Å²) in [5, 5.41) is 1.54. The zero-order valence-corrected chi connectivity index (χ0v) is 12.9. The summed E-state index contributed by atoms with van der Waals surface area (Å²) in [6.45, 7) is 7.22. The van der Waals surface area contributed by atoms with Crippen molar-refractivity contribution in [2.24, 2.45) is 0 Å². The van der Waals surface area contributed by atoms with E-state index in [4.69, 9.17) is 0 Å². The van der Waals surface area contributed by atoms with Crippen LogP contribution >= 0.6 is 0 Å². The molecule has 1 aromatic carbocycles. The van der Waals surface area contributed by atoms with E-state index in [1.165, 1.54) is 35.4 Å². The van der Waals surface area contributed by atoms with Crippen LogP contribution in [0, 0.1) is 0 Å². The van der Waals surface area contributed by atoms with Gasteiger partial charge in [0.2, 0.25) is 0 Å². The van der Waals surface area contributed by atoms with Crippen molar-refractivity contribution >= 4 is 22.8 Å². The lowest BCUT2D eigenvalue weighted by atomic mass is 10.4. The van der Waals surface area contributed by atoms with E-state index in [0.29, 0.717) is 0 Å². The van der Waals surface area contributed by atoms with Crippen LogP contribution in [0.4, 0.5) is 0 Å². The molecular formula is C14H24Si2. The van der Waals surface area contributed by atoms with Crippen molar-refractivity contribution in [3.8, 4) is 0 Å². The maximum atomic E-state index is 2.41. The Labute approximate surface area is 104 Å². The zero-order chi connectivity index (χ0) is 11.9. The summed E-state index contributed by atoms with van der Waals surface area (Å²) in [5.74, 6) is 0. The van der Waals surface area contributed by atoms with Crippen molar-refractivity contribution in [3.05, 3.63) is 30.3 Å². The Bertz CT molecular complexity index is 270. The van der Waals surface area contributed by atoms with Gasteiger partial charge in [-0.3, -0.25) is 0 Å². The molecule has 0 aliphatic carbocycles. The molecule has 0 spiro atoms. The lowest BCUT2D eigenvalue weighted by molar-refractivity contribution is 1.11. The van der Waals surface area contributed by atoms with Crippen LogP contribution in [-0.2, 0) is 0 Å². The molecule has 0 aromatic heterocycles. The summed E-state index contributed by atoms with van der Waals surface area (Å²) in [6.07, 6.45) is 0. The van der Waals surface area contributed by atoms with Crippen molar-refractivity contribution < 1.29 is 0 Å². The molecule has 0 amide bonds. The first-order chi connectivity index (χ1) is 7.76. The normalized spacial score (nSPS) is 11.7. The van der Waals surface area contributed by atoms with Crippen LogP contribution in [0.1, 0.15) is 20.8 Å². The Kier molecular flexibility index (Phi) is 6.06. The fourth-order valence-electron chi connectivity index (χ4n) is 2.31. The lowest BCUT2D eigenvalue weighted by Crippen LogP contribution is -2.32. The molecule has 0 aliphatic heterocycles. The molecule has 0 fully saturated rings. The molecule has 2 heteroatoms. The summed E-state index contributed by atoms with van der Waals surface area (Å²) in [5.41, 5.74) is 0. The van der Waals surface area contributed by atoms with Crippen LogP contribution in [0.3, 0.4) is 0 Å². The average Bonchev–Trinajstić information content (AvgIpc) is 2.37. The molecule has 1 rings (SSSR count). The molecule has 0 bridgehead atoms. The Morgan fingerprint density at radius 1 is 0.938 bits per heavy atom. The highest BCUT2D eigenvalue weighted by molar-refractivity contribution is 6.80. The molecule has 0 saturated carbocycles. The van der Waals surface area contributed by atoms with Crippen molar-refractivity contribution in [3.63, 3.8) is 0 Å². The summed E-state index contributed by atoms with van der Waals surface area (Å²) >= 11 is 0. The minimum atomic E-state index is -0.864. The predicted octanol–water partition coefficient (Wildman–Crippen LogP) is 3.94. The molecule has 16 heavy (non-hydrogen) atoms. The van der Waals surface area contributed by atoms with Crippen molar-refractivity contribution in [2.75, 3.05) is 0 Å². The van der Waals surface area contributed by atoms with E-state index in [1.54, 1.807) is 0 Å². The van der Waals surface area contributed by atoms with Gasteiger partial charge in [0, 0.05) is 0 Å². The van der Waals surface area contributed by atoms with Gasteiger partial charge in [0.25, 0.3) is 0 Å². The molecule has 0 saturated heterocycles. The number of rotatable bonds is 7. The third kappa shape index (κ3) is 3.91. The average molecular weight is 249 g/mol. The molecule has 0 nitrogen and oxygen atoms in total. The molecule has 0 atom stereocenters. The van der Waals surface area contributed by atoms with Gasteiger partial charge in [0.05, 0.1) is 17.6 Å². The third-order valence-corrected chi connectivity index (χ3v) is 11.6. The van der Waals surface area contributed by atoms with Crippen molar-refractivity contribution in [1.82, 2.24) is 0 Å². The quantitative estimate of drug-likeness (QED) is 0.641. The first-order valence-electron chi connectivity index (χ1n) is 6.55. The van der Waals surface area contributed by atoms with Gasteiger partial charge in [0.1, 0.15) is 0 Å².